The molecule has 1 heterocycles. The molecule has 0 aliphatic heterocycles. The first-order valence-corrected chi connectivity index (χ1v) is 9.45. The molecular formula is C22H21N3O6. The van der Waals surface area contributed by atoms with Crippen molar-refractivity contribution in [2.75, 3.05) is 0 Å². The number of nitrogens with zero attached hydrogens (tertiary/aromatic N) is 2. The van der Waals surface area contributed by atoms with Crippen molar-refractivity contribution in [3.63, 3.8) is 0 Å². The molecule has 31 heavy (non-hydrogen) atoms. The Balaban J connectivity index is 1.77. The summed E-state index contributed by atoms with van der Waals surface area (Å²) in [6.07, 6.45) is 0.372. The number of aromatic nitrogens is 2. The van der Waals surface area contributed by atoms with Crippen LogP contribution in [0, 0.1) is 0 Å². The first kappa shape index (κ1) is 21.6. The largest absolute Gasteiger partial charge is 0.480 e. The number of hydrogen-bond donors (Lipinski definition) is 2. The highest BCUT2D eigenvalue weighted by atomic mass is 16.6. The molecule has 3 aromatic rings. The van der Waals surface area contributed by atoms with E-state index in [4.69, 9.17) is 9.47 Å². The van der Waals surface area contributed by atoms with E-state index in [1.165, 1.54) is 12.5 Å². The molecule has 0 radical (unpaired) electrons. The molecule has 160 valence electrons. The minimum Gasteiger partial charge on any atom is -0.480 e. The highest BCUT2D eigenvalue weighted by Gasteiger charge is 2.38. The number of H-pyrrole nitrogens is 1. The molecule has 1 atom stereocenters. The van der Waals surface area contributed by atoms with Crippen LogP contribution in [0.15, 0.2) is 73.2 Å². The summed E-state index contributed by atoms with van der Waals surface area (Å²) in [7, 11) is 0. The minimum atomic E-state index is -1.55. The zero-order valence-electron chi connectivity index (χ0n) is 16.5. The van der Waals surface area contributed by atoms with Crippen molar-refractivity contribution in [1.82, 2.24) is 14.9 Å². The fraction of sp³-hybridized carbons (Fsp3) is 0.182. The van der Waals surface area contributed by atoms with Crippen LogP contribution in [-0.4, -0.2) is 44.2 Å². The molecule has 0 spiro atoms. The van der Waals surface area contributed by atoms with E-state index in [1.807, 2.05) is 12.1 Å². The summed E-state index contributed by atoms with van der Waals surface area (Å²) in [5.74, 6) is -1.39. The van der Waals surface area contributed by atoms with Gasteiger partial charge >= 0.3 is 18.2 Å². The quantitative estimate of drug-likeness (QED) is 0.569. The Labute approximate surface area is 178 Å². The van der Waals surface area contributed by atoms with Gasteiger partial charge in [0.1, 0.15) is 19.3 Å². The molecule has 3 rings (SSSR count). The number of carboxylic acids is 1. The van der Waals surface area contributed by atoms with Crippen molar-refractivity contribution in [1.29, 1.82) is 0 Å². The van der Waals surface area contributed by atoms with Gasteiger partial charge in [-0.3, -0.25) is 0 Å². The first-order chi connectivity index (χ1) is 15.0. The average Bonchev–Trinajstić information content (AvgIpc) is 3.30. The van der Waals surface area contributed by atoms with Gasteiger partial charge in [0.15, 0.2) is 0 Å². The molecule has 0 bridgehead atoms. The molecule has 0 saturated heterocycles. The highest BCUT2D eigenvalue weighted by molar-refractivity contribution is 5.93. The molecule has 0 saturated carbocycles. The van der Waals surface area contributed by atoms with E-state index in [0.29, 0.717) is 21.7 Å². The van der Waals surface area contributed by atoms with E-state index < -0.39 is 24.2 Å². The Morgan fingerprint density at radius 1 is 0.903 bits per heavy atom. The summed E-state index contributed by atoms with van der Waals surface area (Å²) in [6, 6.07) is 16.1. The molecule has 2 aromatic carbocycles. The van der Waals surface area contributed by atoms with Crippen LogP contribution in [0.25, 0.3) is 0 Å². The van der Waals surface area contributed by atoms with E-state index in [1.54, 1.807) is 48.5 Å². The van der Waals surface area contributed by atoms with E-state index in [2.05, 4.69) is 9.97 Å². The maximum atomic E-state index is 12.8. The Bertz CT molecular complexity index is 937. The van der Waals surface area contributed by atoms with Crippen molar-refractivity contribution >= 4 is 18.2 Å². The smallest absolute Gasteiger partial charge is 0.420 e. The van der Waals surface area contributed by atoms with E-state index in [-0.39, 0.29) is 19.6 Å². The zero-order valence-corrected chi connectivity index (χ0v) is 16.5. The monoisotopic (exact) mass is 423 g/mol. The maximum Gasteiger partial charge on any atom is 0.420 e. The standard InChI is InChI=1S/C22H21N3O6/c26-20(27)19(11-18-12-23-15-24-18)25(21(28)30-13-16-7-3-1-4-8-16)22(29)31-14-17-9-5-2-6-10-17/h1-10,12,15,19H,11,13-14H2,(H,23,24)(H,26,27)/t19-/m0/s1. The third kappa shape index (κ3) is 6.17. The number of hydrogen-bond acceptors (Lipinski definition) is 6. The topological polar surface area (TPSA) is 122 Å². The van der Waals surface area contributed by atoms with Gasteiger partial charge in [0.2, 0.25) is 0 Å². The number of aromatic amines is 1. The first-order valence-electron chi connectivity index (χ1n) is 9.45. The van der Waals surface area contributed by atoms with Crippen molar-refractivity contribution < 1.29 is 29.0 Å². The molecule has 0 aliphatic carbocycles. The number of carboxylic acid groups (broad SMARTS) is 1. The number of carbonyl (C=O) groups excluding carboxylic acids is 2. The fourth-order valence-corrected chi connectivity index (χ4v) is 2.80. The number of benzene rings is 2. The van der Waals surface area contributed by atoms with E-state index in [0.717, 1.165) is 0 Å². The Morgan fingerprint density at radius 2 is 1.42 bits per heavy atom. The Morgan fingerprint density at radius 3 is 1.84 bits per heavy atom. The van der Waals surface area contributed by atoms with Gasteiger partial charge < -0.3 is 19.6 Å². The summed E-state index contributed by atoms with van der Waals surface area (Å²) in [4.78, 5) is 44.5. The fourth-order valence-electron chi connectivity index (χ4n) is 2.80. The van der Waals surface area contributed by atoms with Crippen molar-refractivity contribution in [3.05, 3.63) is 90.0 Å². The van der Waals surface area contributed by atoms with Crippen molar-refractivity contribution in [2.24, 2.45) is 0 Å². The second kappa shape index (κ2) is 10.6. The van der Waals surface area contributed by atoms with Crippen LogP contribution in [0.3, 0.4) is 0 Å². The second-order valence-corrected chi connectivity index (χ2v) is 6.59. The third-order valence-electron chi connectivity index (χ3n) is 4.37. The lowest BCUT2D eigenvalue weighted by atomic mass is 10.1. The zero-order chi connectivity index (χ0) is 22.1. The summed E-state index contributed by atoms with van der Waals surface area (Å²) in [5, 5.41) is 9.72. The van der Waals surface area contributed by atoms with Gasteiger partial charge in [-0.05, 0) is 11.1 Å². The minimum absolute atomic E-state index is 0.126. The number of nitrogens with one attached hydrogen (secondary N) is 1. The highest BCUT2D eigenvalue weighted by Crippen LogP contribution is 2.14. The molecule has 0 fully saturated rings. The Hall–Kier alpha value is -4.14. The van der Waals surface area contributed by atoms with Crippen LogP contribution in [-0.2, 0) is 33.9 Å². The van der Waals surface area contributed by atoms with Crippen molar-refractivity contribution in [3.8, 4) is 0 Å². The number of carbonyl (C=O) groups is 3. The Kier molecular flexibility index (Phi) is 7.36. The number of rotatable bonds is 8. The number of imidazole rings is 1. The molecule has 0 aliphatic rings. The molecule has 9 heteroatoms. The third-order valence-corrected chi connectivity index (χ3v) is 4.37. The van der Waals surface area contributed by atoms with Gasteiger partial charge in [0.05, 0.1) is 6.33 Å². The lowest BCUT2D eigenvalue weighted by Crippen LogP contribution is -2.50. The summed E-state index contributed by atoms with van der Waals surface area (Å²) in [5.41, 5.74) is 1.81. The van der Waals surface area contributed by atoms with Crippen LogP contribution in [0.2, 0.25) is 0 Å². The normalized spacial score (nSPS) is 11.4. The van der Waals surface area contributed by atoms with Gasteiger partial charge in [-0.25, -0.2) is 19.4 Å². The van der Waals surface area contributed by atoms with E-state index >= 15 is 0 Å². The van der Waals surface area contributed by atoms with Crippen molar-refractivity contribution in [2.45, 2.75) is 25.7 Å². The van der Waals surface area contributed by atoms with Crippen LogP contribution in [0.5, 0.6) is 0 Å². The summed E-state index contributed by atoms with van der Waals surface area (Å²) >= 11 is 0. The average molecular weight is 423 g/mol. The molecule has 0 unspecified atom stereocenters. The maximum absolute atomic E-state index is 12.8. The predicted molar refractivity (Wildman–Crippen MR) is 109 cm³/mol. The molecular weight excluding hydrogens is 402 g/mol. The SMILES string of the molecule is O=C(O)[C@H](Cc1cnc[nH]1)N(C(=O)OCc1ccccc1)C(=O)OCc1ccccc1. The molecule has 2 N–H and O–H groups in total. The van der Waals surface area contributed by atoms with Crippen LogP contribution in [0.1, 0.15) is 16.8 Å². The van der Waals surface area contributed by atoms with E-state index in [9.17, 15) is 19.5 Å². The van der Waals surface area contributed by atoms with Crippen LogP contribution >= 0.6 is 0 Å². The van der Waals surface area contributed by atoms with Gasteiger partial charge in [0.25, 0.3) is 0 Å². The number of ether oxygens (including phenoxy) is 2. The summed E-state index contributed by atoms with van der Waals surface area (Å²) < 4.78 is 10.4. The number of imide groups is 1. The van der Waals surface area contributed by atoms with Gasteiger partial charge in [-0.1, -0.05) is 60.7 Å². The number of aliphatic carboxylic acids is 1. The van der Waals surface area contributed by atoms with Gasteiger partial charge in [-0.2, -0.15) is 4.90 Å². The van der Waals surface area contributed by atoms with Crippen LogP contribution < -0.4 is 0 Å². The lowest BCUT2D eigenvalue weighted by molar-refractivity contribution is -0.142. The van der Waals surface area contributed by atoms with Gasteiger partial charge in [-0.15, -0.1) is 0 Å². The molecule has 1 aromatic heterocycles. The second-order valence-electron chi connectivity index (χ2n) is 6.59. The van der Waals surface area contributed by atoms with Gasteiger partial charge in [0, 0.05) is 18.3 Å². The lowest BCUT2D eigenvalue weighted by Gasteiger charge is -2.25. The van der Waals surface area contributed by atoms with Crippen LogP contribution in [0.4, 0.5) is 9.59 Å². The summed E-state index contributed by atoms with van der Waals surface area (Å²) in [6.45, 7) is -0.253. The molecule has 2 amide bonds. The molecule has 9 nitrogen and oxygen atoms in total. The predicted octanol–water partition coefficient (Wildman–Crippen LogP) is 3.38. The number of amides is 2.